The van der Waals surface area contributed by atoms with Gasteiger partial charge in [-0.25, -0.2) is 4.79 Å². The maximum absolute atomic E-state index is 10.7. The van der Waals surface area contributed by atoms with Crippen LogP contribution in [0, 0.1) is 11.8 Å². The summed E-state index contributed by atoms with van der Waals surface area (Å²) in [5, 5.41) is 3.35. The lowest BCUT2D eigenvalue weighted by molar-refractivity contribution is 0.178. The van der Waals surface area contributed by atoms with Gasteiger partial charge in [0.2, 0.25) is 0 Å². The van der Waals surface area contributed by atoms with Gasteiger partial charge in [0.05, 0.1) is 0 Å². The molecular weight excluding hydrogens is 274 g/mol. The Hall–Kier alpha value is -0.480. The van der Waals surface area contributed by atoms with Gasteiger partial charge in [0.25, 0.3) is 0 Å². The number of urea groups is 1. The van der Waals surface area contributed by atoms with Crippen LogP contribution in [0.4, 0.5) is 4.79 Å². The quantitative estimate of drug-likeness (QED) is 0.824. The van der Waals surface area contributed by atoms with Crippen molar-refractivity contribution in [3.05, 3.63) is 0 Å². The summed E-state index contributed by atoms with van der Waals surface area (Å²) < 4.78 is 0. The van der Waals surface area contributed by atoms with Gasteiger partial charge >= 0.3 is 6.03 Å². The van der Waals surface area contributed by atoms with Crippen molar-refractivity contribution in [1.82, 2.24) is 10.2 Å². The normalized spacial score (nSPS) is 20.6. The van der Waals surface area contributed by atoms with E-state index in [2.05, 4.69) is 19.2 Å². The number of likely N-dealkylation sites (tertiary alicyclic amines) is 1. The van der Waals surface area contributed by atoms with E-state index in [1.807, 2.05) is 0 Å². The largest absolute Gasteiger partial charge is 0.351 e. The van der Waals surface area contributed by atoms with Gasteiger partial charge in [-0.3, -0.25) is 0 Å². The van der Waals surface area contributed by atoms with Crippen LogP contribution in [0.3, 0.4) is 0 Å². The standard InChI is InChI=1S/C8H16N2O.C7H15N.ClH/c1-2-7-3-5-10(6-4-7)8(9)11;1-2-7-3-5-8-6-4-7;/h7H,2-6H2,1H3,(H2,9,11);7-8H,2-6H2,1H3;1H. The number of nitrogens with one attached hydrogen (secondary N) is 1. The van der Waals surface area contributed by atoms with E-state index in [4.69, 9.17) is 5.73 Å². The van der Waals surface area contributed by atoms with Crippen LogP contribution in [-0.4, -0.2) is 37.1 Å². The summed E-state index contributed by atoms with van der Waals surface area (Å²) in [6, 6.07) is -0.264. The summed E-state index contributed by atoms with van der Waals surface area (Å²) in [6.07, 6.45) is 7.65. The fourth-order valence-electron chi connectivity index (χ4n) is 2.85. The van der Waals surface area contributed by atoms with Gasteiger partial charge in [-0.05, 0) is 50.6 Å². The minimum atomic E-state index is -0.264. The Morgan fingerprint density at radius 3 is 1.85 bits per heavy atom. The minimum absolute atomic E-state index is 0. The zero-order valence-corrected chi connectivity index (χ0v) is 13.9. The third-order valence-electron chi connectivity index (χ3n) is 4.54. The molecule has 5 heteroatoms. The van der Waals surface area contributed by atoms with Crippen LogP contribution in [0.1, 0.15) is 52.4 Å². The molecule has 0 aromatic heterocycles. The zero-order chi connectivity index (χ0) is 14.1. The fraction of sp³-hybridized carbons (Fsp3) is 0.933. The molecule has 2 heterocycles. The number of carbonyl (C=O) groups is 1. The lowest BCUT2D eigenvalue weighted by Gasteiger charge is -2.29. The number of hydrogen-bond donors (Lipinski definition) is 2. The topological polar surface area (TPSA) is 58.4 Å². The molecule has 0 saturated carbocycles. The average molecular weight is 306 g/mol. The molecule has 0 aromatic carbocycles. The molecule has 2 amide bonds. The molecule has 2 saturated heterocycles. The van der Waals surface area contributed by atoms with Gasteiger partial charge in [0, 0.05) is 13.1 Å². The molecule has 0 unspecified atom stereocenters. The van der Waals surface area contributed by atoms with Crippen molar-refractivity contribution in [2.45, 2.75) is 52.4 Å². The minimum Gasteiger partial charge on any atom is -0.351 e. The highest BCUT2D eigenvalue weighted by molar-refractivity contribution is 5.85. The number of rotatable bonds is 2. The number of nitrogens with zero attached hydrogens (tertiary/aromatic N) is 1. The average Bonchev–Trinajstić information content (AvgIpc) is 2.48. The van der Waals surface area contributed by atoms with E-state index in [9.17, 15) is 4.79 Å². The summed E-state index contributed by atoms with van der Waals surface area (Å²) in [4.78, 5) is 12.4. The third kappa shape index (κ3) is 7.34. The van der Waals surface area contributed by atoms with Crippen molar-refractivity contribution in [2.24, 2.45) is 17.6 Å². The summed E-state index contributed by atoms with van der Waals surface area (Å²) >= 11 is 0. The Bertz CT molecular complexity index is 250. The molecule has 0 radical (unpaired) electrons. The fourth-order valence-corrected chi connectivity index (χ4v) is 2.85. The SMILES string of the molecule is CCC1CCN(C(N)=O)CC1.CCC1CCNCC1.Cl. The first-order chi connectivity index (χ1) is 9.17. The van der Waals surface area contributed by atoms with E-state index >= 15 is 0 Å². The molecule has 120 valence electrons. The highest BCUT2D eigenvalue weighted by Gasteiger charge is 2.19. The number of primary amides is 1. The van der Waals surface area contributed by atoms with Crippen LogP contribution < -0.4 is 11.1 Å². The van der Waals surface area contributed by atoms with Crippen molar-refractivity contribution >= 4 is 18.4 Å². The molecule has 2 aliphatic rings. The van der Waals surface area contributed by atoms with Crippen molar-refractivity contribution in [2.75, 3.05) is 26.2 Å². The second kappa shape index (κ2) is 11.2. The molecule has 0 atom stereocenters. The molecular formula is C15H32ClN3O. The summed E-state index contributed by atoms with van der Waals surface area (Å²) in [6.45, 7) is 8.69. The van der Waals surface area contributed by atoms with E-state index in [-0.39, 0.29) is 18.4 Å². The highest BCUT2D eigenvalue weighted by atomic mass is 35.5. The monoisotopic (exact) mass is 305 g/mol. The predicted octanol–water partition coefficient (Wildman–Crippen LogP) is 3.00. The molecule has 2 aliphatic heterocycles. The predicted molar refractivity (Wildman–Crippen MR) is 87.3 cm³/mol. The number of nitrogens with two attached hydrogens (primary N) is 1. The number of hydrogen-bond acceptors (Lipinski definition) is 2. The molecule has 0 bridgehead atoms. The number of halogens is 1. The number of amides is 2. The smallest absolute Gasteiger partial charge is 0.314 e. The number of carbonyl (C=O) groups excluding carboxylic acids is 1. The Balaban J connectivity index is 0.000000359. The number of piperidine rings is 2. The molecule has 0 aliphatic carbocycles. The molecule has 3 N–H and O–H groups in total. The second-order valence-corrected chi connectivity index (χ2v) is 5.78. The molecule has 0 aromatic rings. The Morgan fingerprint density at radius 1 is 1.05 bits per heavy atom. The molecule has 0 spiro atoms. The Labute approximate surface area is 130 Å². The Morgan fingerprint density at radius 2 is 1.50 bits per heavy atom. The highest BCUT2D eigenvalue weighted by Crippen LogP contribution is 2.19. The summed E-state index contributed by atoms with van der Waals surface area (Å²) in [5.74, 6) is 1.84. The van der Waals surface area contributed by atoms with Gasteiger partial charge in [-0.2, -0.15) is 0 Å². The van der Waals surface area contributed by atoms with E-state index < -0.39 is 0 Å². The lowest BCUT2D eigenvalue weighted by Crippen LogP contribution is -2.41. The zero-order valence-electron chi connectivity index (χ0n) is 13.1. The summed E-state index contributed by atoms with van der Waals surface area (Å²) in [7, 11) is 0. The Kier molecular flexibility index (Phi) is 10.9. The molecule has 4 nitrogen and oxygen atoms in total. The van der Waals surface area contributed by atoms with Gasteiger partial charge in [0.15, 0.2) is 0 Å². The van der Waals surface area contributed by atoms with Crippen molar-refractivity contribution < 1.29 is 4.79 Å². The van der Waals surface area contributed by atoms with Crippen molar-refractivity contribution in [3.63, 3.8) is 0 Å². The summed E-state index contributed by atoms with van der Waals surface area (Å²) in [5.41, 5.74) is 5.14. The van der Waals surface area contributed by atoms with Gasteiger partial charge in [0.1, 0.15) is 0 Å². The van der Waals surface area contributed by atoms with E-state index in [0.29, 0.717) is 0 Å². The van der Waals surface area contributed by atoms with Gasteiger partial charge in [-0.15, -0.1) is 12.4 Å². The van der Waals surface area contributed by atoms with E-state index in [1.165, 1.54) is 38.8 Å². The molecule has 20 heavy (non-hydrogen) atoms. The van der Waals surface area contributed by atoms with Crippen LogP contribution in [0.25, 0.3) is 0 Å². The van der Waals surface area contributed by atoms with Gasteiger partial charge in [-0.1, -0.05) is 26.7 Å². The van der Waals surface area contributed by atoms with Gasteiger partial charge < -0.3 is 16.0 Å². The second-order valence-electron chi connectivity index (χ2n) is 5.78. The first kappa shape index (κ1) is 19.5. The first-order valence-electron chi connectivity index (χ1n) is 7.92. The molecule has 2 rings (SSSR count). The van der Waals surface area contributed by atoms with Crippen molar-refractivity contribution in [1.29, 1.82) is 0 Å². The van der Waals surface area contributed by atoms with E-state index in [0.717, 1.165) is 37.8 Å². The lowest BCUT2D eigenvalue weighted by atomic mass is 9.95. The van der Waals surface area contributed by atoms with Crippen LogP contribution in [0.15, 0.2) is 0 Å². The maximum atomic E-state index is 10.7. The van der Waals surface area contributed by atoms with Crippen LogP contribution in [0.5, 0.6) is 0 Å². The third-order valence-corrected chi connectivity index (χ3v) is 4.54. The van der Waals surface area contributed by atoms with E-state index in [1.54, 1.807) is 4.90 Å². The van der Waals surface area contributed by atoms with Crippen LogP contribution in [0.2, 0.25) is 0 Å². The molecule has 2 fully saturated rings. The van der Waals surface area contributed by atoms with Crippen LogP contribution >= 0.6 is 12.4 Å². The van der Waals surface area contributed by atoms with Crippen LogP contribution in [-0.2, 0) is 0 Å². The first-order valence-corrected chi connectivity index (χ1v) is 7.92. The van der Waals surface area contributed by atoms with Crippen molar-refractivity contribution in [3.8, 4) is 0 Å². The maximum Gasteiger partial charge on any atom is 0.314 e.